The fourth-order valence-electron chi connectivity index (χ4n) is 4.22. The third-order valence-electron chi connectivity index (χ3n) is 6.12. The van der Waals surface area contributed by atoms with Crippen LogP contribution in [0.2, 0.25) is 0 Å². The number of aliphatic carboxylic acids is 1. The molecule has 2 amide bonds. The number of alkyl carbamates (subject to hydrolysis) is 1. The van der Waals surface area contributed by atoms with Gasteiger partial charge in [-0.1, -0.05) is 19.9 Å². The molecule has 2 N–H and O–H groups in total. The van der Waals surface area contributed by atoms with Crippen LogP contribution in [0, 0.1) is 11.8 Å². The lowest BCUT2D eigenvalue weighted by molar-refractivity contribution is -0.140. The van der Waals surface area contributed by atoms with E-state index in [4.69, 9.17) is 9.73 Å². The number of aliphatic imine (C=N–C) groups is 1. The van der Waals surface area contributed by atoms with Crippen molar-refractivity contribution in [3.05, 3.63) is 30.1 Å². The van der Waals surface area contributed by atoms with Gasteiger partial charge in [-0.2, -0.15) is 0 Å². The Morgan fingerprint density at radius 3 is 2.53 bits per heavy atom. The second kappa shape index (κ2) is 8.88. The third kappa shape index (κ3) is 5.08. The molecule has 1 aromatic rings. The van der Waals surface area contributed by atoms with E-state index in [0.29, 0.717) is 24.8 Å². The van der Waals surface area contributed by atoms with Gasteiger partial charge in [0.25, 0.3) is 0 Å². The van der Waals surface area contributed by atoms with Crippen molar-refractivity contribution >= 4 is 23.9 Å². The SMILES string of the molecule is CCC1(CC)CC(=O)N([C@H](c2cccnc2)[C@H]2C[C@@H]2C(=O)O)C(NC(=O)OC(C)(C)C)=N1. The summed E-state index contributed by atoms with van der Waals surface area (Å²) in [6.07, 6.45) is 4.40. The number of ether oxygens (including phenoxy) is 1. The topological polar surface area (TPSA) is 121 Å². The number of carbonyl (C=O) groups is 3. The molecule has 32 heavy (non-hydrogen) atoms. The van der Waals surface area contributed by atoms with Gasteiger partial charge in [-0.25, -0.2) is 9.79 Å². The number of hydrogen-bond donors (Lipinski definition) is 2. The standard InChI is InChI=1S/C23H32N4O5/c1-6-23(7-2)12-17(28)27(20(26-23)25-21(31)32-22(3,4)5)18(14-9-8-10-24-13-14)15-11-16(15)19(29)30/h8-10,13,15-16,18H,6-7,11-12H2,1-5H3,(H,29,30)(H,25,26,31)/t15-,16-,18+/m0/s1. The Morgan fingerprint density at radius 2 is 2.03 bits per heavy atom. The van der Waals surface area contributed by atoms with Crippen LogP contribution in [-0.4, -0.2) is 50.1 Å². The van der Waals surface area contributed by atoms with E-state index in [-0.39, 0.29) is 24.2 Å². The first-order valence-corrected chi connectivity index (χ1v) is 11.0. The van der Waals surface area contributed by atoms with E-state index < -0.39 is 35.2 Å². The van der Waals surface area contributed by atoms with Gasteiger partial charge in [0.1, 0.15) is 5.60 Å². The highest BCUT2D eigenvalue weighted by atomic mass is 16.6. The summed E-state index contributed by atoms with van der Waals surface area (Å²) in [7, 11) is 0. The molecule has 9 nitrogen and oxygen atoms in total. The molecule has 9 heteroatoms. The van der Waals surface area contributed by atoms with E-state index in [1.165, 1.54) is 4.90 Å². The molecule has 1 saturated carbocycles. The van der Waals surface area contributed by atoms with Gasteiger partial charge in [0.15, 0.2) is 0 Å². The molecule has 2 aliphatic rings. The molecule has 2 heterocycles. The first-order valence-electron chi connectivity index (χ1n) is 11.0. The normalized spacial score (nSPS) is 23.2. The fraction of sp³-hybridized carbons (Fsp3) is 0.609. The summed E-state index contributed by atoms with van der Waals surface area (Å²) in [5.41, 5.74) is -0.657. The highest BCUT2D eigenvalue weighted by Crippen LogP contribution is 2.51. The zero-order chi connectivity index (χ0) is 23.7. The van der Waals surface area contributed by atoms with E-state index in [1.807, 2.05) is 19.9 Å². The quantitative estimate of drug-likeness (QED) is 0.692. The second-order valence-electron chi connectivity index (χ2n) is 9.51. The Morgan fingerprint density at radius 1 is 1.34 bits per heavy atom. The van der Waals surface area contributed by atoms with Gasteiger partial charge in [-0.3, -0.25) is 24.8 Å². The monoisotopic (exact) mass is 444 g/mol. The van der Waals surface area contributed by atoms with Gasteiger partial charge in [-0.05, 0) is 57.6 Å². The Labute approximate surface area is 188 Å². The minimum Gasteiger partial charge on any atom is -0.481 e. The predicted octanol–water partition coefficient (Wildman–Crippen LogP) is 3.52. The van der Waals surface area contributed by atoms with Crippen molar-refractivity contribution in [3.63, 3.8) is 0 Å². The van der Waals surface area contributed by atoms with Crippen molar-refractivity contribution in [2.75, 3.05) is 0 Å². The van der Waals surface area contributed by atoms with Crippen molar-refractivity contribution in [1.82, 2.24) is 15.2 Å². The summed E-state index contributed by atoms with van der Waals surface area (Å²) in [6.45, 7) is 9.17. The molecule has 1 aromatic heterocycles. The lowest BCUT2D eigenvalue weighted by atomic mass is 9.87. The van der Waals surface area contributed by atoms with Crippen molar-refractivity contribution in [2.45, 2.75) is 77.5 Å². The maximum atomic E-state index is 13.5. The van der Waals surface area contributed by atoms with Gasteiger partial charge < -0.3 is 9.84 Å². The number of carboxylic acids is 1. The second-order valence-corrected chi connectivity index (χ2v) is 9.51. The molecule has 0 radical (unpaired) electrons. The summed E-state index contributed by atoms with van der Waals surface area (Å²) >= 11 is 0. The van der Waals surface area contributed by atoms with E-state index in [2.05, 4.69) is 10.3 Å². The zero-order valence-corrected chi connectivity index (χ0v) is 19.3. The van der Waals surface area contributed by atoms with Crippen molar-refractivity contribution < 1.29 is 24.2 Å². The van der Waals surface area contributed by atoms with E-state index in [0.717, 1.165) is 0 Å². The van der Waals surface area contributed by atoms with Crippen LogP contribution in [0.25, 0.3) is 0 Å². The summed E-state index contributed by atoms with van der Waals surface area (Å²) in [5, 5.41) is 12.2. The molecule has 0 saturated heterocycles. The Hall–Kier alpha value is -2.97. The number of guanidine groups is 1. The number of hydrogen-bond acceptors (Lipinski definition) is 6. The van der Waals surface area contributed by atoms with Gasteiger partial charge in [0.05, 0.1) is 23.9 Å². The van der Waals surface area contributed by atoms with Crippen LogP contribution < -0.4 is 5.32 Å². The average Bonchev–Trinajstić information content (AvgIpc) is 3.50. The molecule has 3 rings (SSSR count). The highest BCUT2D eigenvalue weighted by molar-refractivity contribution is 6.05. The zero-order valence-electron chi connectivity index (χ0n) is 19.3. The molecular formula is C23H32N4O5. The van der Waals surface area contributed by atoms with Crippen LogP contribution in [0.3, 0.4) is 0 Å². The van der Waals surface area contributed by atoms with Gasteiger partial charge in [0, 0.05) is 12.4 Å². The summed E-state index contributed by atoms with van der Waals surface area (Å²) < 4.78 is 5.41. The fourth-order valence-corrected chi connectivity index (χ4v) is 4.22. The summed E-state index contributed by atoms with van der Waals surface area (Å²) in [4.78, 5) is 48.2. The third-order valence-corrected chi connectivity index (χ3v) is 6.12. The lowest BCUT2D eigenvalue weighted by Gasteiger charge is -2.41. The predicted molar refractivity (Wildman–Crippen MR) is 118 cm³/mol. The highest BCUT2D eigenvalue weighted by Gasteiger charge is 2.54. The number of amides is 2. The maximum Gasteiger partial charge on any atom is 0.414 e. The van der Waals surface area contributed by atoms with Gasteiger partial charge >= 0.3 is 12.1 Å². The van der Waals surface area contributed by atoms with Crippen molar-refractivity contribution in [1.29, 1.82) is 0 Å². The summed E-state index contributed by atoms with van der Waals surface area (Å²) in [5.74, 6) is -1.88. The number of rotatable bonds is 6. The summed E-state index contributed by atoms with van der Waals surface area (Å²) in [6, 6.07) is 2.96. The van der Waals surface area contributed by atoms with Gasteiger partial charge in [0.2, 0.25) is 11.9 Å². The Bertz CT molecular complexity index is 905. The first kappa shape index (κ1) is 23.7. The molecule has 1 fully saturated rings. The van der Waals surface area contributed by atoms with E-state index in [1.54, 1.807) is 39.2 Å². The van der Waals surface area contributed by atoms with Crippen molar-refractivity contribution in [3.8, 4) is 0 Å². The minimum absolute atomic E-state index is 0.101. The van der Waals surface area contributed by atoms with E-state index in [9.17, 15) is 19.5 Å². The number of carboxylic acid groups (broad SMARTS) is 1. The smallest absolute Gasteiger partial charge is 0.414 e. The van der Waals surface area contributed by atoms with Crippen LogP contribution in [0.15, 0.2) is 29.5 Å². The lowest BCUT2D eigenvalue weighted by Crippen LogP contribution is -2.56. The molecule has 0 unspecified atom stereocenters. The Kier molecular flexibility index (Phi) is 6.57. The largest absolute Gasteiger partial charge is 0.481 e. The van der Waals surface area contributed by atoms with Crippen LogP contribution >= 0.6 is 0 Å². The van der Waals surface area contributed by atoms with Gasteiger partial charge in [-0.15, -0.1) is 0 Å². The minimum atomic E-state index is -0.900. The molecule has 0 aromatic carbocycles. The molecule has 1 aliphatic carbocycles. The Balaban J connectivity index is 2.05. The molecule has 174 valence electrons. The number of aromatic nitrogens is 1. The number of pyridine rings is 1. The average molecular weight is 445 g/mol. The number of nitrogens with zero attached hydrogens (tertiary/aromatic N) is 3. The number of carbonyl (C=O) groups excluding carboxylic acids is 2. The molecule has 1 aliphatic heterocycles. The maximum absolute atomic E-state index is 13.5. The van der Waals surface area contributed by atoms with Crippen LogP contribution in [0.4, 0.5) is 4.79 Å². The van der Waals surface area contributed by atoms with Crippen molar-refractivity contribution in [2.24, 2.45) is 16.8 Å². The molecule has 0 bridgehead atoms. The first-order chi connectivity index (χ1) is 15.0. The van der Waals surface area contributed by atoms with Crippen LogP contribution in [0.5, 0.6) is 0 Å². The molecular weight excluding hydrogens is 412 g/mol. The molecule has 3 atom stereocenters. The van der Waals surface area contributed by atoms with Crippen LogP contribution in [-0.2, 0) is 14.3 Å². The number of nitrogens with one attached hydrogen (secondary N) is 1. The van der Waals surface area contributed by atoms with E-state index >= 15 is 0 Å². The van der Waals surface area contributed by atoms with Crippen LogP contribution in [0.1, 0.15) is 71.9 Å². The molecule has 0 spiro atoms.